The topological polar surface area (TPSA) is 40.5 Å². The van der Waals surface area contributed by atoms with E-state index in [0.29, 0.717) is 13.0 Å². The lowest BCUT2D eigenvalue weighted by Gasteiger charge is -2.13. The maximum Gasteiger partial charge on any atom is 0.215 e. The molecule has 0 fully saturated rings. The number of aliphatic hydroxyl groups is 1. The van der Waals surface area contributed by atoms with Gasteiger partial charge in [-0.2, -0.15) is 0 Å². The van der Waals surface area contributed by atoms with Crippen LogP contribution in [0.25, 0.3) is 0 Å². The molecule has 9 heavy (non-hydrogen) atoms. The Morgan fingerprint density at radius 3 is 2.67 bits per heavy atom. The van der Waals surface area contributed by atoms with Crippen LogP contribution in [0.3, 0.4) is 0 Å². The van der Waals surface area contributed by atoms with Gasteiger partial charge in [0.1, 0.15) is 0 Å². The second-order valence-electron chi connectivity index (χ2n) is 2.02. The summed E-state index contributed by atoms with van der Waals surface area (Å²) in [6.07, 6.45) is 0.663. The van der Waals surface area contributed by atoms with Gasteiger partial charge in [-0.1, -0.05) is 0 Å². The number of hydrogen-bond acceptors (Lipinski definition) is 2. The van der Waals surface area contributed by atoms with E-state index in [1.54, 1.807) is 11.9 Å². The number of aliphatic hydroxyl groups excluding tert-OH is 1. The van der Waals surface area contributed by atoms with Crippen molar-refractivity contribution in [3.05, 3.63) is 0 Å². The monoisotopic (exact) mass is 129 g/mol. The van der Waals surface area contributed by atoms with E-state index >= 15 is 0 Å². The molecule has 0 rings (SSSR count). The molecule has 4 heteroatoms. The van der Waals surface area contributed by atoms with Crippen LogP contribution in [0, 0.1) is 0 Å². The summed E-state index contributed by atoms with van der Waals surface area (Å²) < 4.78 is 0. The van der Waals surface area contributed by atoms with E-state index in [1.807, 2.05) is 0 Å². The lowest BCUT2D eigenvalue weighted by molar-refractivity contribution is 0.222. The molecule has 0 aromatic rings. The number of carbonyl (C=O) groups is 1. The Morgan fingerprint density at radius 2 is 2.33 bits per heavy atom. The van der Waals surface area contributed by atoms with E-state index in [9.17, 15) is 4.79 Å². The number of rotatable bonds is 3. The standard InChI is InChI=1S/C5H12BNO2/c1-7(5(6)9)3-2-4-8/h8H,2-4,6H2,1H3. The number of carbonyl (C=O) groups excluding carboxylic acids is 1. The average Bonchev–Trinajstić information content (AvgIpc) is 1.82. The first-order chi connectivity index (χ1) is 4.18. The van der Waals surface area contributed by atoms with Crippen LogP contribution < -0.4 is 0 Å². The molecule has 0 atom stereocenters. The summed E-state index contributed by atoms with van der Waals surface area (Å²) in [6.45, 7) is 0.795. The molecular formula is C5H12BNO2. The first-order valence-electron chi connectivity index (χ1n) is 3.01. The summed E-state index contributed by atoms with van der Waals surface area (Å²) in [7, 11) is 3.23. The van der Waals surface area contributed by atoms with Crippen molar-refractivity contribution in [3.63, 3.8) is 0 Å². The van der Waals surface area contributed by atoms with Crippen molar-refractivity contribution in [2.45, 2.75) is 6.42 Å². The molecule has 0 saturated carbocycles. The molecule has 0 spiro atoms. The zero-order chi connectivity index (χ0) is 7.28. The van der Waals surface area contributed by atoms with Crippen molar-refractivity contribution >= 4 is 13.7 Å². The van der Waals surface area contributed by atoms with Crippen molar-refractivity contribution < 1.29 is 9.90 Å². The van der Waals surface area contributed by atoms with Gasteiger partial charge in [-0.3, -0.25) is 4.79 Å². The van der Waals surface area contributed by atoms with Gasteiger partial charge >= 0.3 is 0 Å². The minimum Gasteiger partial charge on any atom is -0.396 e. The molecular weight excluding hydrogens is 117 g/mol. The highest BCUT2D eigenvalue weighted by Gasteiger charge is 1.98. The summed E-state index contributed by atoms with van der Waals surface area (Å²) in [5, 5.41) is 8.36. The Labute approximate surface area is 56.1 Å². The van der Waals surface area contributed by atoms with E-state index < -0.39 is 0 Å². The largest absolute Gasteiger partial charge is 0.396 e. The lowest BCUT2D eigenvalue weighted by Crippen LogP contribution is -2.26. The van der Waals surface area contributed by atoms with E-state index in [0.717, 1.165) is 0 Å². The van der Waals surface area contributed by atoms with Gasteiger partial charge < -0.3 is 10.0 Å². The third-order valence-corrected chi connectivity index (χ3v) is 1.19. The van der Waals surface area contributed by atoms with Crippen LogP contribution in [0.15, 0.2) is 0 Å². The van der Waals surface area contributed by atoms with Crippen LogP contribution in [0.2, 0.25) is 0 Å². The van der Waals surface area contributed by atoms with Crippen molar-refractivity contribution in [2.75, 3.05) is 20.2 Å². The zero-order valence-electron chi connectivity index (χ0n) is 5.92. The Morgan fingerprint density at radius 1 is 1.78 bits per heavy atom. The van der Waals surface area contributed by atoms with Gasteiger partial charge in [0.05, 0.1) is 0 Å². The smallest absolute Gasteiger partial charge is 0.215 e. The highest BCUT2D eigenvalue weighted by atomic mass is 16.3. The molecule has 0 aromatic carbocycles. The van der Waals surface area contributed by atoms with E-state index in [4.69, 9.17) is 5.11 Å². The average molecular weight is 129 g/mol. The maximum absolute atomic E-state index is 10.5. The fraction of sp³-hybridized carbons (Fsp3) is 0.800. The third kappa shape index (κ3) is 4.03. The van der Waals surface area contributed by atoms with Crippen LogP contribution in [-0.4, -0.2) is 43.9 Å². The van der Waals surface area contributed by atoms with Gasteiger partial charge in [0.25, 0.3) is 0 Å². The van der Waals surface area contributed by atoms with Crippen LogP contribution in [0.4, 0.5) is 4.79 Å². The van der Waals surface area contributed by atoms with E-state index in [2.05, 4.69) is 0 Å². The number of hydrogen-bond donors (Lipinski definition) is 1. The first-order valence-corrected chi connectivity index (χ1v) is 3.01. The Balaban J connectivity index is 3.27. The van der Waals surface area contributed by atoms with Crippen molar-refractivity contribution in [1.29, 1.82) is 0 Å². The predicted octanol–water partition coefficient (Wildman–Crippen LogP) is -0.946. The summed E-state index contributed by atoms with van der Waals surface area (Å²) in [6, 6.07) is 0. The summed E-state index contributed by atoms with van der Waals surface area (Å²) in [4.78, 5) is 12.1. The molecule has 3 nitrogen and oxygen atoms in total. The molecule has 1 amide bonds. The van der Waals surface area contributed by atoms with Crippen LogP contribution in [0.1, 0.15) is 6.42 Å². The summed E-state index contributed by atoms with van der Waals surface area (Å²) >= 11 is 0. The lowest BCUT2D eigenvalue weighted by atomic mass is 10.1. The summed E-state index contributed by atoms with van der Waals surface area (Å²) in [5.41, 5.74) is 0. The highest BCUT2D eigenvalue weighted by Crippen LogP contribution is 1.85. The quantitative estimate of drug-likeness (QED) is 0.499. The SMILES string of the molecule is BC(=O)N(C)CCCO. The molecule has 0 saturated heterocycles. The van der Waals surface area contributed by atoms with Gasteiger partial charge in [0.15, 0.2) is 5.81 Å². The fourth-order valence-electron chi connectivity index (χ4n) is 0.465. The minimum atomic E-state index is 0.0449. The molecule has 0 heterocycles. The number of nitrogens with zero attached hydrogens (tertiary/aromatic N) is 1. The zero-order valence-corrected chi connectivity index (χ0v) is 5.92. The van der Waals surface area contributed by atoms with E-state index in [1.165, 1.54) is 7.85 Å². The first kappa shape index (κ1) is 8.49. The van der Waals surface area contributed by atoms with Crippen molar-refractivity contribution in [3.8, 4) is 0 Å². The van der Waals surface area contributed by atoms with Gasteiger partial charge in [0, 0.05) is 20.2 Å². The molecule has 0 unspecified atom stereocenters. The Hall–Kier alpha value is -0.505. The molecule has 52 valence electrons. The van der Waals surface area contributed by atoms with Crippen LogP contribution in [0.5, 0.6) is 0 Å². The van der Waals surface area contributed by atoms with Gasteiger partial charge in [-0.15, -0.1) is 0 Å². The van der Waals surface area contributed by atoms with E-state index in [-0.39, 0.29) is 12.4 Å². The van der Waals surface area contributed by atoms with Gasteiger partial charge in [-0.25, -0.2) is 0 Å². The van der Waals surface area contributed by atoms with Crippen LogP contribution in [-0.2, 0) is 0 Å². The molecule has 0 aliphatic heterocycles. The second-order valence-corrected chi connectivity index (χ2v) is 2.02. The molecule has 0 aliphatic carbocycles. The predicted molar refractivity (Wildman–Crippen MR) is 38.3 cm³/mol. The minimum absolute atomic E-state index is 0.0449. The molecule has 0 bridgehead atoms. The molecule has 0 aromatic heterocycles. The van der Waals surface area contributed by atoms with Gasteiger partial charge in [0.2, 0.25) is 7.85 Å². The Kier molecular flexibility index (Phi) is 4.14. The van der Waals surface area contributed by atoms with Gasteiger partial charge in [-0.05, 0) is 6.42 Å². The third-order valence-electron chi connectivity index (χ3n) is 1.19. The summed E-state index contributed by atoms with van der Waals surface area (Å²) in [5.74, 6) is 0.0449. The Bertz CT molecular complexity index is 97.0. The maximum atomic E-state index is 10.5. The molecule has 1 N–H and O–H groups in total. The highest BCUT2D eigenvalue weighted by molar-refractivity contribution is 6.56. The number of amides is 1. The fourth-order valence-corrected chi connectivity index (χ4v) is 0.465. The molecule has 0 radical (unpaired) electrons. The molecule has 0 aliphatic rings. The second kappa shape index (κ2) is 4.38. The normalized spacial score (nSPS) is 9.11. The van der Waals surface area contributed by atoms with Crippen LogP contribution >= 0.6 is 0 Å². The van der Waals surface area contributed by atoms with Crippen molar-refractivity contribution in [1.82, 2.24) is 4.90 Å². The van der Waals surface area contributed by atoms with Crippen molar-refractivity contribution in [2.24, 2.45) is 0 Å².